The Morgan fingerprint density at radius 1 is 1.10 bits per heavy atom. The SMILES string of the molecule is CNc1ccc(C(=O)NCCc2ccccc2)c(C)c1. The molecule has 0 aliphatic carbocycles. The van der Waals surface area contributed by atoms with E-state index in [1.807, 2.05) is 50.4 Å². The van der Waals surface area contributed by atoms with Crippen LogP contribution in [0.2, 0.25) is 0 Å². The van der Waals surface area contributed by atoms with Crippen LogP contribution in [0.5, 0.6) is 0 Å². The summed E-state index contributed by atoms with van der Waals surface area (Å²) in [5.41, 5.74) is 3.96. The van der Waals surface area contributed by atoms with Gasteiger partial charge in [-0.2, -0.15) is 0 Å². The molecule has 0 aliphatic heterocycles. The van der Waals surface area contributed by atoms with Crippen LogP contribution in [0.25, 0.3) is 0 Å². The molecule has 0 spiro atoms. The average Bonchev–Trinajstić information content (AvgIpc) is 2.48. The van der Waals surface area contributed by atoms with Gasteiger partial charge in [0.1, 0.15) is 0 Å². The smallest absolute Gasteiger partial charge is 0.251 e. The molecule has 2 aromatic rings. The van der Waals surface area contributed by atoms with E-state index >= 15 is 0 Å². The Morgan fingerprint density at radius 3 is 2.50 bits per heavy atom. The van der Waals surface area contributed by atoms with Crippen LogP contribution in [0.1, 0.15) is 21.5 Å². The quantitative estimate of drug-likeness (QED) is 0.875. The molecule has 2 aromatic carbocycles. The largest absolute Gasteiger partial charge is 0.388 e. The van der Waals surface area contributed by atoms with Crippen molar-refractivity contribution in [2.45, 2.75) is 13.3 Å². The van der Waals surface area contributed by atoms with Gasteiger partial charge in [0, 0.05) is 24.8 Å². The summed E-state index contributed by atoms with van der Waals surface area (Å²) in [7, 11) is 1.87. The van der Waals surface area contributed by atoms with Crippen molar-refractivity contribution in [2.75, 3.05) is 18.9 Å². The first-order valence-electron chi connectivity index (χ1n) is 6.81. The number of aryl methyl sites for hydroxylation is 1. The van der Waals surface area contributed by atoms with Gasteiger partial charge in [-0.05, 0) is 42.7 Å². The molecule has 2 N–H and O–H groups in total. The average molecular weight is 268 g/mol. The van der Waals surface area contributed by atoms with Gasteiger partial charge in [-0.3, -0.25) is 4.79 Å². The highest BCUT2D eigenvalue weighted by Gasteiger charge is 2.08. The first-order chi connectivity index (χ1) is 9.70. The second-order valence-electron chi connectivity index (χ2n) is 4.77. The van der Waals surface area contributed by atoms with E-state index in [9.17, 15) is 4.79 Å². The van der Waals surface area contributed by atoms with Gasteiger partial charge in [0.25, 0.3) is 5.91 Å². The van der Waals surface area contributed by atoms with Gasteiger partial charge in [-0.25, -0.2) is 0 Å². The van der Waals surface area contributed by atoms with Crippen molar-refractivity contribution in [3.8, 4) is 0 Å². The van der Waals surface area contributed by atoms with Gasteiger partial charge in [0.05, 0.1) is 0 Å². The Bertz CT molecular complexity index is 579. The lowest BCUT2D eigenvalue weighted by Crippen LogP contribution is -2.26. The van der Waals surface area contributed by atoms with Crippen molar-refractivity contribution in [3.05, 3.63) is 65.2 Å². The minimum Gasteiger partial charge on any atom is -0.388 e. The molecule has 104 valence electrons. The fourth-order valence-corrected chi connectivity index (χ4v) is 2.13. The molecular weight excluding hydrogens is 248 g/mol. The Kier molecular flexibility index (Phi) is 4.77. The van der Waals surface area contributed by atoms with Crippen molar-refractivity contribution in [2.24, 2.45) is 0 Å². The molecule has 0 heterocycles. The maximum atomic E-state index is 12.1. The Balaban J connectivity index is 1.92. The summed E-state index contributed by atoms with van der Waals surface area (Å²) in [5.74, 6) is -0.0129. The third kappa shape index (κ3) is 3.60. The van der Waals surface area contributed by atoms with Crippen molar-refractivity contribution in [3.63, 3.8) is 0 Å². The Hall–Kier alpha value is -2.29. The third-order valence-corrected chi connectivity index (χ3v) is 3.30. The van der Waals surface area contributed by atoms with Crippen LogP contribution in [-0.2, 0) is 6.42 Å². The molecule has 0 saturated carbocycles. The number of amides is 1. The molecular formula is C17H20N2O. The predicted molar refractivity (Wildman–Crippen MR) is 83.2 cm³/mol. The maximum Gasteiger partial charge on any atom is 0.251 e. The van der Waals surface area contributed by atoms with Crippen molar-refractivity contribution in [1.29, 1.82) is 0 Å². The highest BCUT2D eigenvalue weighted by atomic mass is 16.1. The number of hydrogen-bond donors (Lipinski definition) is 2. The summed E-state index contributed by atoms with van der Waals surface area (Å²) in [6, 6.07) is 15.9. The second-order valence-corrected chi connectivity index (χ2v) is 4.77. The normalized spacial score (nSPS) is 10.1. The highest BCUT2D eigenvalue weighted by Crippen LogP contribution is 2.14. The second kappa shape index (κ2) is 6.75. The zero-order chi connectivity index (χ0) is 14.4. The highest BCUT2D eigenvalue weighted by molar-refractivity contribution is 5.96. The van der Waals surface area contributed by atoms with Crippen molar-refractivity contribution < 1.29 is 4.79 Å². The van der Waals surface area contributed by atoms with Gasteiger partial charge in [-0.15, -0.1) is 0 Å². The van der Waals surface area contributed by atoms with E-state index in [0.717, 1.165) is 23.2 Å². The fourth-order valence-electron chi connectivity index (χ4n) is 2.13. The molecule has 0 bridgehead atoms. The van der Waals surface area contributed by atoms with Crippen LogP contribution in [0.15, 0.2) is 48.5 Å². The van der Waals surface area contributed by atoms with Crippen LogP contribution in [-0.4, -0.2) is 19.5 Å². The summed E-state index contributed by atoms with van der Waals surface area (Å²) < 4.78 is 0. The monoisotopic (exact) mass is 268 g/mol. The van der Waals surface area contributed by atoms with Crippen LogP contribution < -0.4 is 10.6 Å². The number of rotatable bonds is 5. The van der Waals surface area contributed by atoms with Crippen molar-refractivity contribution in [1.82, 2.24) is 5.32 Å². The lowest BCUT2D eigenvalue weighted by atomic mass is 10.1. The van der Waals surface area contributed by atoms with Gasteiger partial charge in [0.2, 0.25) is 0 Å². The predicted octanol–water partition coefficient (Wildman–Crippen LogP) is 3.01. The van der Waals surface area contributed by atoms with Crippen LogP contribution in [0, 0.1) is 6.92 Å². The molecule has 3 heteroatoms. The van der Waals surface area contributed by atoms with E-state index in [4.69, 9.17) is 0 Å². The van der Waals surface area contributed by atoms with Gasteiger partial charge >= 0.3 is 0 Å². The third-order valence-electron chi connectivity index (χ3n) is 3.30. The summed E-state index contributed by atoms with van der Waals surface area (Å²) in [4.78, 5) is 12.1. The zero-order valence-corrected chi connectivity index (χ0v) is 11.9. The number of anilines is 1. The molecule has 0 radical (unpaired) electrons. The first kappa shape index (κ1) is 14.1. The zero-order valence-electron chi connectivity index (χ0n) is 11.9. The Morgan fingerprint density at radius 2 is 1.85 bits per heavy atom. The summed E-state index contributed by atoms with van der Waals surface area (Å²) in [6.45, 7) is 2.60. The first-order valence-corrected chi connectivity index (χ1v) is 6.81. The summed E-state index contributed by atoms with van der Waals surface area (Å²) >= 11 is 0. The van der Waals surface area contributed by atoms with E-state index in [1.54, 1.807) is 0 Å². The minimum atomic E-state index is -0.0129. The molecule has 0 unspecified atom stereocenters. The minimum absolute atomic E-state index is 0.0129. The lowest BCUT2D eigenvalue weighted by Gasteiger charge is -2.09. The molecule has 20 heavy (non-hydrogen) atoms. The molecule has 0 aliphatic rings. The van der Waals surface area contributed by atoms with Gasteiger partial charge in [-0.1, -0.05) is 30.3 Å². The number of hydrogen-bond acceptors (Lipinski definition) is 2. The number of carbonyl (C=O) groups excluding carboxylic acids is 1. The van der Waals surface area contributed by atoms with E-state index < -0.39 is 0 Å². The van der Waals surface area contributed by atoms with Gasteiger partial charge in [0.15, 0.2) is 0 Å². The molecule has 0 aromatic heterocycles. The van der Waals surface area contributed by atoms with E-state index in [2.05, 4.69) is 22.8 Å². The van der Waals surface area contributed by atoms with E-state index in [0.29, 0.717) is 6.54 Å². The molecule has 0 atom stereocenters. The van der Waals surface area contributed by atoms with E-state index in [-0.39, 0.29) is 5.91 Å². The van der Waals surface area contributed by atoms with Crippen LogP contribution in [0.4, 0.5) is 5.69 Å². The molecule has 1 amide bonds. The topological polar surface area (TPSA) is 41.1 Å². The maximum absolute atomic E-state index is 12.1. The standard InChI is InChI=1S/C17H20N2O/c1-13-12-15(18-2)8-9-16(13)17(20)19-11-10-14-6-4-3-5-7-14/h3-9,12,18H,10-11H2,1-2H3,(H,19,20). The van der Waals surface area contributed by atoms with Crippen LogP contribution >= 0.6 is 0 Å². The number of benzene rings is 2. The van der Waals surface area contributed by atoms with E-state index in [1.165, 1.54) is 5.56 Å². The molecule has 2 rings (SSSR count). The van der Waals surface area contributed by atoms with Crippen molar-refractivity contribution >= 4 is 11.6 Å². The lowest BCUT2D eigenvalue weighted by molar-refractivity contribution is 0.0953. The summed E-state index contributed by atoms with van der Waals surface area (Å²) in [6.07, 6.45) is 0.847. The van der Waals surface area contributed by atoms with Gasteiger partial charge < -0.3 is 10.6 Å². The Labute approximate surface area is 120 Å². The molecule has 3 nitrogen and oxygen atoms in total. The summed E-state index contributed by atoms with van der Waals surface area (Å²) in [5, 5.41) is 6.03. The number of nitrogens with one attached hydrogen (secondary N) is 2. The fraction of sp³-hybridized carbons (Fsp3) is 0.235. The van der Waals surface area contributed by atoms with Crippen LogP contribution in [0.3, 0.4) is 0 Å². The molecule has 0 fully saturated rings. The molecule has 0 saturated heterocycles. The number of carbonyl (C=O) groups is 1.